The van der Waals surface area contributed by atoms with E-state index in [1.54, 1.807) is 0 Å². The van der Waals surface area contributed by atoms with Gasteiger partial charge in [-0.3, -0.25) is 0 Å². The van der Waals surface area contributed by atoms with Crippen LogP contribution in [0.5, 0.6) is 0 Å². The van der Waals surface area contributed by atoms with Crippen LogP contribution in [0.1, 0.15) is 0 Å². The molecule has 0 bridgehead atoms. The van der Waals surface area contributed by atoms with Gasteiger partial charge < -0.3 is 0 Å². The molecule has 3 heteroatoms. The number of hydrogen-bond donors (Lipinski definition) is 0. The molecule has 2 aliphatic heterocycles. The molecule has 0 fully saturated rings. The van der Waals surface area contributed by atoms with Crippen molar-refractivity contribution in [1.29, 1.82) is 0 Å². The lowest BCUT2D eigenvalue weighted by molar-refractivity contribution is 1.79. The zero-order chi connectivity index (χ0) is 8.55. The topological polar surface area (TPSA) is 0 Å². The van der Waals surface area contributed by atoms with Gasteiger partial charge in [0.05, 0.1) is 0 Å². The van der Waals surface area contributed by atoms with Crippen molar-refractivity contribution in [3.63, 3.8) is 0 Å². The Bertz CT molecular complexity index is 334. The Morgan fingerprint density at radius 1 is 1.00 bits per heavy atom. The van der Waals surface area contributed by atoms with Crippen molar-refractivity contribution in [1.82, 2.24) is 0 Å². The van der Waals surface area contributed by atoms with Crippen LogP contribution >= 0.6 is 42.3 Å². The van der Waals surface area contributed by atoms with Crippen molar-refractivity contribution in [2.24, 2.45) is 0 Å². The Labute approximate surface area is 90.9 Å². The summed E-state index contributed by atoms with van der Waals surface area (Å²) in [6.45, 7) is 0. The first-order valence-corrected chi connectivity index (χ1v) is 6.35. The molecule has 0 aromatic carbocycles. The predicted octanol–water partition coefficient (Wildman–Crippen LogP) is 4.04. The van der Waals surface area contributed by atoms with Crippen molar-refractivity contribution < 1.29 is 0 Å². The van der Waals surface area contributed by atoms with E-state index < -0.39 is 0 Å². The quantitative estimate of drug-likeness (QED) is 0.468. The number of halogens is 2. The molecule has 0 aliphatic carbocycles. The second-order valence-electron chi connectivity index (χ2n) is 2.38. The van der Waals surface area contributed by atoms with Gasteiger partial charge in [-0.05, 0) is 55.5 Å². The number of fused-ring (bicyclic) bond motifs is 1. The average Bonchev–Trinajstić information content (AvgIpc) is 2.12. The van der Waals surface area contributed by atoms with E-state index in [2.05, 4.69) is 67.6 Å². The molecule has 2 rings (SSSR count). The lowest BCUT2D eigenvalue weighted by Gasteiger charge is -2.15. The highest BCUT2D eigenvalue weighted by Gasteiger charge is 2.11. The van der Waals surface area contributed by atoms with Crippen LogP contribution in [-0.4, -0.2) is 3.77 Å². The third-order valence-electron chi connectivity index (χ3n) is 1.62. The monoisotopic (exact) mass is 304 g/mol. The number of allylic oxidation sites excluding steroid dienone is 6. The van der Waals surface area contributed by atoms with E-state index in [4.69, 9.17) is 0 Å². The summed E-state index contributed by atoms with van der Waals surface area (Å²) in [5.41, 5.74) is 0. The summed E-state index contributed by atoms with van der Waals surface area (Å²) in [6, 6.07) is 0. The highest BCUT2D eigenvalue weighted by molar-refractivity contribution is 9.20. The van der Waals surface area contributed by atoms with Gasteiger partial charge in [0.1, 0.15) is 0 Å². The zero-order valence-corrected chi connectivity index (χ0v) is 10.1. The van der Waals surface area contributed by atoms with E-state index in [0.717, 1.165) is 0 Å². The Hall–Kier alpha value is 0.140. The Balaban J connectivity index is 2.64. The molecule has 2 aliphatic rings. The van der Waals surface area contributed by atoms with E-state index in [1.165, 1.54) is 13.2 Å². The van der Waals surface area contributed by atoms with Crippen LogP contribution < -0.4 is 0 Å². The summed E-state index contributed by atoms with van der Waals surface area (Å²) in [5, 5.41) is 2.21. The lowest BCUT2D eigenvalue weighted by atomic mass is 10.4. The molecule has 0 saturated heterocycles. The SMILES string of the molecule is BrC1=C2C=CC=CS2=C(Br)C=C1. The van der Waals surface area contributed by atoms with E-state index >= 15 is 0 Å². The van der Waals surface area contributed by atoms with E-state index in [1.807, 2.05) is 0 Å². The largest absolute Gasteiger partial charge is 0.115 e. The number of rotatable bonds is 0. The van der Waals surface area contributed by atoms with Gasteiger partial charge in [-0.15, -0.1) is 10.5 Å². The fraction of sp³-hybridized carbons (Fsp3) is 0. The molecular weight excluding hydrogens is 300 g/mol. The first-order chi connectivity index (χ1) is 5.79. The molecule has 0 radical (unpaired) electrons. The van der Waals surface area contributed by atoms with Crippen LogP contribution in [0, 0.1) is 0 Å². The second kappa shape index (κ2) is 3.48. The molecule has 1 unspecified atom stereocenters. The molecule has 0 nitrogen and oxygen atoms in total. The molecule has 12 heavy (non-hydrogen) atoms. The summed E-state index contributed by atoms with van der Waals surface area (Å²) < 4.78 is 2.44. The van der Waals surface area contributed by atoms with Crippen molar-refractivity contribution in [3.05, 3.63) is 45.2 Å². The van der Waals surface area contributed by atoms with Gasteiger partial charge in [0.25, 0.3) is 0 Å². The van der Waals surface area contributed by atoms with E-state index in [9.17, 15) is 0 Å². The van der Waals surface area contributed by atoms with Crippen LogP contribution in [0.4, 0.5) is 0 Å². The van der Waals surface area contributed by atoms with Gasteiger partial charge in [0, 0.05) is 13.2 Å². The Morgan fingerprint density at radius 2 is 1.83 bits per heavy atom. The summed E-state index contributed by atoms with van der Waals surface area (Å²) in [4.78, 5) is 1.35. The molecular formula is C9H6Br2S. The van der Waals surface area contributed by atoms with Crippen molar-refractivity contribution in [3.8, 4) is 0 Å². The maximum Gasteiger partial charge on any atom is 0.0494 e. The Kier molecular flexibility index (Phi) is 2.53. The fourth-order valence-electron chi connectivity index (χ4n) is 1.06. The van der Waals surface area contributed by atoms with Gasteiger partial charge in [0.2, 0.25) is 0 Å². The fourth-order valence-corrected chi connectivity index (χ4v) is 4.28. The number of hydrogen-bond acceptors (Lipinski definition) is 0. The first kappa shape index (κ1) is 8.73. The van der Waals surface area contributed by atoms with Crippen LogP contribution in [-0.2, 0) is 0 Å². The maximum atomic E-state index is 3.56. The molecule has 2 heterocycles. The molecule has 1 atom stereocenters. The van der Waals surface area contributed by atoms with Crippen LogP contribution in [0.15, 0.2) is 45.2 Å². The van der Waals surface area contributed by atoms with Crippen LogP contribution in [0.25, 0.3) is 0 Å². The summed E-state index contributed by atoms with van der Waals surface area (Å²) in [5.74, 6) is 0. The van der Waals surface area contributed by atoms with E-state index in [0.29, 0.717) is 0 Å². The molecule has 62 valence electrons. The van der Waals surface area contributed by atoms with Crippen molar-refractivity contribution in [2.45, 2.75) is 0 Å². The van der Waals surface area contributed by atoms with Gasteiger partial charge in [0.15, 0.2) is 0 Å². The minimum absolute atomic E-state index is 0.134. The molecule has 0 aromatic rings. The van der Waals surface area contributed by atoms with Gasteiger partial charge in [-0.1, -0.05) is 12.2 Å². The lowest BCUT2D eigenvalue weighted by Crippen LogP contribution is -1.92. The molecule has 0 amide bonds. The third-order valence-corrected chi connectivity index (χ3v) is 5.70. The average molecular weight is 306 g/mol. The zero-order valence-electron chi connectivity index (χ0n) is 6.13. The predicted molar refractivity (Wildman–Crippen MR) is 64.9 cm³/mol. The molecule has 0 saturated carbocycles. The molecule has 0 N–H and O–H groups in total. The molecule has 0 spiro atoms. The first-order valence-electron chi connectivity index (χ1n) is 3.47. The summed E-state index contributed by atoms with van der Waals surface area (Å²) >= 11 is 7.10. The standard InChI is InChI=1S/C9H6Br2S/c10-7-4-5-9(11)12-6-2-1-3-8(7)12/h1-6H. The Morgan fingerprint density at radius 3 is 2.58 bits per heavy atom. The maximum absolute atomic E-state index is 3.56. The summed E-state index contributed by atoms with van der Waals surface area (Å²) in [7, 11) is 0.134. The highest BCUT2D eigenvalue weighted by Crippen LogP contribution is 2.41. The summed E-state index contributed by atoms with van der Waals surface area (Å²) in [6.07, 6.45) is 10.5. The third kappa shape index (κ3) is 1.45. The second-order valence-corrected chi connectivity index (χ2v) is 6.44. The van der Waals surface area contributed by atoms with E-state index in [-0.39, 0.29) is 10.5 Å². The normalized spacial score (nSPS) is 26.5. The van der Waals surface area contributed by atoms with Crippen LogP contribution in [0.3, 0.4) is 0 Å². The minimum Gasteiger partial charge on any atom is -0.115 e. The van der Waals surface area contributed by atoms with Gasteiger partial charge >= 0.3 is 0 Å². The molecule has 0 aromatic heterocycles. The smallest absolute Gasteiger partial charge is 0.0494 e. The van der Waals surface area contributed by atoms with Gasteiger partial charge in [-0.2, -0.15) is 0 Å². The minimum atomic E-state index is 0.134. The van der Waals surface area contributed by atoms with Gasteiger partial charge in [-0.25, -0.2) is 0 Å². The van der Waals surface area contributed by atoms with Crippen LogP contribution in [0.2, 0.25) is 0 Å². The van der Waals surface area contributed by atoms with Crippen molar-refractivity contribution in [2.75, 3.05) is 0 Å². The van der Waals surface area contributed by atoms with Crippen molar-refractivity contribution >= 4 is 46.1 Å². The highest BCUT2D eigenvalue weighted by atomic mass is 79.9.